The Balaban J connectivity index is 1.98. The summed E-state index contributed by atoms with van der Waals surface area (Å²) in [5.74, 6) is -0.327. The molecule has 1 saturated heterocycles. The van der Waals surface area contributed by atoms with Gasteiger partial charge < -0.3 is 9.64 Å². The van der Waals surface area contributed by atoms with Gasteiger partial charge >= 0.3 is 5.97 Å². The molecule has 5 heteroatoms. The molecule has 1 fully saturated rings. The zero-order chi connectivity index (χ0) is 13.0. The highest BCUT2D eigenvalue weighted by Gasteiger charge is 2.29. The third kappa shape index (κ3) is 2.90. The SMILES string of the molecule is CCOC(=O)C1CCCN(C(=O)c2ccsc2)C1. The monoisotopic (exact) mass is 267 g/mol. The molecule has 1 unspecified atom stereocenters. The van der Waals surface area contributed by atoms with Gasteiger partial charge in [0.1, 0.15) is 0 Å². The number of rotatable bonds is 3. The third-order valence-electron chi connectivity index (χ3n) is 3.10. The van der Waals surface area contributed by atoms with E-state index < -0.39 is 0 Å². The largest absolute Gasteiger partial charge is 0.466 e. The van der Waals surface area contributed by atoms with Crippen molar-refractivity contribution >= 4 is 23.2 Å². The van der Waals surface area contributed by atoms with Crippen LogP contribution in [0.2, 0.25) is 0 Å². The molecule has 0 N–H and O–H groups in total. The number of piperidine rings is 1. The van der Waals surface area contributed by atoms with Crippen molar-refractivity contribution in [1.29, 1.82) is 0 Å². The molecule has 0 bridgehead atoms. The average molecular weight is 267 g/mol. The molecule has 0 saturated carbocycles. The maximum Gasteiger partial charge on any atom is 0.310 e. The van der Waals surface area contributed by atoms with Crippen molar-refractivity contribution < 1.29 is 14.3 Å². The fourth-order valence-corrected chi connectivity index (χ4v) is 2.81. The second-order valence-corrected chi connectivity index (χ2v) is 5.13. The summed E-state index contributed by atoms with van der Waals surface area (Å²) in [6.45, 7) is 3.40. The van der Waals surface area contributed by atoms with Gasteiger partial charge in [-0.2, -0.15) is 11.3 Å². The predicted octanol–water partition coefficient (Wildman–Crippen LogP) is 2.16. The summed E-state index contributed by atoms with van der Waals surface area (Å²) in [5.41, 5.74) is 0.713. The minimum atomic E-state index is -0.180. The van der Waals surface area contributed by atoms with Crippen molar-refractivity contribution in [3.05, 3.63) is 22.4 Å². The van der Waals surface area contributed by atoms with E-state index in [0.29, 0.717) is 18.7 Å². The quantitative estimate of drug-likeness (QED) is 0.788. The van der Waals surface area contributed by atoms with Gasteiger partial charge in [-0.3, -0.25) is 9.59 Å². The van der Waals surface area contributed by atoms with E-state index >= 15 is 0 Å². The minimum Gasteiger partial charge on any atom is -0.466 e. The van der Waals surface area contributed by atoms with Gasteiger partial charge in [-0.25, -0.2) is 0 Å². The summed E-state index contributed by atoms with van der Waals surface area (Å²) in [7, 11) is 0. The summed E-state index contributed by atoms with van der Waals surface area (Å²) >= 11 is 1.51. The van der Waals surface area contributed by atoms with Crippen LogP contribution in [0.1, 0.15) is 30.1 Å². The van der Waals surface area contributed by atoms with Gasteiger partial charge in [-0.15, -0.1) is 0 Å². The molecular weight excluding hydrogens is 250 g/mol. The van der Waals surface area contributed by atoms with E-state index in [-0.39, 0.29) is 17.8 Å². The molecule has 2 rings (SSSR count). The van der Waals surface area contributed by atoms with Crippen LogP contribution in [-0.4, -0.2) is 36.5 Å². The fourth-order valence-electron chi connectivity index (χ4n) is 2.18. The number of nitrogens with zero attached hydrogens (tertiary/aromatic N) is 1. The Bertz CT molecular complexity index is 416. The summed E-state index contributed by atoms with van der Waals surface area (Å²) in [4.78, 5) is 25.6. The van der Waals surface area contributed by atoms with Crippen molar-refractivity contribution in [3.63, 3.8) is 0 Å². The second kappa shape index (κ2) is 6.00. The lowest BCUT2D eigenvalue weighted by Crippen LogP contribution is -2.42. The van der Waals surface area contributed by atoms with Crippen molar-refractivity contribution in [3.8, 4) is 0 Å². The second-order valence-electron chi connectivity index (χ2n) is 4.35. The van der Waals surface area contributed by atoms with Crippen molar-refractivity contribution in [1.82, 2.24) is 4.90 Å². The van der Waals surface area contributed by atoms with Crippen LogP contribution >= 0.6 is 11.3 Å². The van der Waals surface area contributed by atoms with Gasteiger partial charge in [0.25, 0.3) is 5.91 Å². The van der Waals surface area contributed by atoms with E-state index in [1.165, 1.54) is 11.3 Å². The molecule has 0 radical (unpaired) electrons. The summed E-state index contributed by atoms with van der Waals surface area (Å²) in [6.07, 6.45) is 1.67. The highest BCUT2D eigenvalue weighted by molar-refractivity contribution is 7.08. The maximum absolute atomic E-state index is 12.2. The lowest BCUT2D eigenvalue weighted by atomic mass is 9.98. The smallest absolute Gasteiger partial charge is 0.310 e. The number of thiophene rings is 1. The number of esters is 1. The van der Waals surface area contributed by atoms with Crippen molar-refractivity contribution in [2.24, 2.45) is 5.92 Å². The molecule has 2 heterocycles. The lowest BCUT2D eigenvalue weighted by Gasteiger charge is -2.31. The molecule has 1 aromatic rings. The van der Waals surface area contributed by atoms with E-state index in [2.05, 4.69) is 0 Å². The first kappa shape index (κ1) is 13.1. The molecule has 1 aromatic heterocycles. The Kier molecular flexibility index (Phi) is 4.36. The van der Waals surface area contributed by atoms with E-state index in [1.807, 2.05) is 16.8 Å². The van der Waals surface area contributed by atoms with E-state index in [9.17, 15) is 9.59 Å². The Labute approximate surface area is 111 Å². The van der Waals surface area contributed by atoms with E-state index in [1.54, 1.807) is 11.8 Å². The lowest BCUT2D eigenvalue weighted by molar-refractivity contribution is -0.149. The number of ether oxygens (including phenoxy) is 1. The van der Waals surface area contributed by atoms with Gasteiger partial charge in [-0.05, 0) is 31.2 Å². The maximum atomic E-state index is 12.2. The van der Waals surface area contributed by atoms with Gasteiger partial charge in [0, 0.05) is 18.5 Å². The van der Waals surface area contributed by atoms with Crippen LogP contribution in [0.3, 0.4) is 0 Å². The standard InChI is InChI=1S/C13H17NO3S/c1-2-17-13(16)10-4-3-6-14(8-10)12(15)11-5-7-18-9-11/h5,7,9-10H,2-4,6,8H2,1H3. The normalized spacial score (nSPS) is 19.6. The summed E-state index contributed by atoms with van der Waals surface area (Å²) < 4.78 is 5.03. The van der Waals surface area contributed by atoms with Gasteiger partial charge in [0.05, 0.1) is 18.1 Å². The summed E-state index contributed by atoms with van der Waals surface area (Å²) in [5, 5.41) is 3.73. The third-order valence-corrected chi connectivity index (χ3v) is 3.78. The van der Waals surface area contributed by atoms with Crippen LogP contribution in [0, 0.1) is 5.92 Å². The zero-order valence-electron chi connectivity index (χ0n) is 10.4. The van der Waals surface area contributed by atoms with Gasteiger partial charge in [0.15, 0.2) is 0 Å². The highest BCUT2D eigenvalue weighted by Crippen LogP contribution is 2.20. The Morgan fingerprint density at radius 1 is 1.56 bits per heavy atom. The van der Waals surface area contributed by atoms with E-state index in [0.717, 1.165) is 19.4 Å². The topological polar surface area (TPSA) is 46.6 Å². The average Bonchev–Trinajstić information content (AvgIpc) is 2.92. The Morgan fingerprint density at radius 3 is 3.06 bits per heavy atom. The predicted molar refractivity (Wildman–Crippen MR) is 69.6 cm³/mol. The number of carbonyl (C=O) groups is 2. The minimum absolute atomic E-state index is 0.0187. The first-order chi connectivity index (χ1) is 8.72. The van der Waals surface area contributed by atoms with Gasteiger partial charge in [-0.1, -0.05) is 0 Å². The molecular formula is C13H17NO3S. The molecule has 0 aliphatic carbocycles. The highest BCUT2D eigenvalue weighted by atomic mass is 32.1. The molecule has 0 spiro atoms. The molecule has 1 atom stereocenters. The van der Waals surface area contributed by atoms with Crippen LogP contribution in [0.5, 0.6) is 0 Å². The number of hydrogen-bond donors (Lipinski definition) is 0. The number of hydrogen-bond acceptors (Lipinski definition) is 4. The van der Waals surface area contributed by atoms with Crippen molar-refractivity contribution in [2.75, 3.05) is 19.7 Å². The van der Waals surface area contributed by atoms with Crippen LogP contribution in [-0.2, 0) is 9.53 Å². The van der Waals surface area contributed by atoms with E-state index in [4.69, 9.17) is 4.74 Å². The van der Waals surface area contributed by atoms with Crippen molar-refractivity contribution in [2.45, 2.75) is 19.8 Å². The molecule has 4 nitrogen and oxygen atoms in total. The fraction of sp³-hybridized carbons (Fsp3) is 0.538. The summed E-state index contributed by atoms with van der Waals surface area (Å²) in [6, 6.07) is 1.82. The number of likely N-dealkylation sites (tertiary alicyclic amines) is 1. The first-order valence-corrected chi connectivity index (χ1v) is 7.14. The van der Waals surface area contributed by atoms with Crippen LogP contribution < -0.4 is 0 Å². The van der Waals surface area contributed by atoms with Crippen LogP contribution in [0.15, 0.2) is 16.8 Å². The molecule has 18 heavy (non-hydrogen) atoms. The Morgan fingerprint density at radius 2 is 2.39 bits per heavy atom. The molecule has 1 aliphatic rings. The number of amides is 1. The Hall–Kier alpha value is -1.36. The molecule has 0 aromatic carbocycles. The van der Waals surface area contributed by atoms with Crippen LogP contribution in [0.25, 0.3) is 0 Å². The number of carbonyl (C=O) groups excluding carboxylic acids is 2. The molecule has 98 valence electrons. The zero-order valence-corrected chi connectivity index (χ0v) is 11.2. The molecule has 1 aliphatic heterocycles. The van der Waals surface area contributed by atoms with Crippen LogP contribution in [0.4, 0.5) is 0 Å². The molecule has 1 amide bonds. The van der Waals surface area contributed by atoms with Gasteiger partial charge in [0.2, 0.25) is 0 Å². The first-order valence-electron chi connectivity index (χ1n) is 6.20.